The normalized spacial score (nSPS) is 21.4. The average molecular weight is 439 g/mol. The van der Waals surface area contributed by atoms with Gasteiger partial charge < -0.3 is 25.0 Å². The zero-order chi connectivity index (χ0) is 22.2. The fraction of sp³-hybridized carbons (Fsp3) is 0.652. The molecule has 1 aliphatic carbocycles. The summed E-state index contributed by atoms with van der Waals surface area (Å²) in [6.45, 7) is 8.57. The van der Waals surface area contributed by atoms with E-state index in [1.165, 1.54) is 5.56 Å². The molecule has 0 aromatic carbocycles. The molecule has 0 radical (unpaired) electrons. The first-order valence-corrected chi connectivity index (χ1v) is 12.0. The molecule has 2 aliphatic heterocycles. The van der Waals surface area contributed by atoms with Crippen LogP contribution in [0.2, 0.25) is 0 Å². The highest BCUT2D eigenvalue weighted by molar-refractivity contribution is 5.85. The molecule has 2 aromatic rings. The summed E-state index contributed by atoms with van der Waals surface area (Å²) in [6, 6.07) is -0.165. The Balaban J connectivity index is 1.40. The minimum atomic E-state index is -0.165. The van der Waals surface area contributed by atoms with Crippen LogP contribution in [0.5, 0.6) is 0 Å². The molecular formula is C23H34N8O. The molecule has 0 spiro atoms. The Bertz CT molecular complexity index is 978. The van der Waals surface area contributed by atoms with Crippen molar-refractivity contribution in [2.24, 2.45) is 0 Å². The number of carbonyl (C=O) groups is 1. The van der Waals surface area contributed by atoms with Crippen LogP contribution in [0.3, 0.4) is 0 Å². The molecule has 32 heavy (non-hydrogen) atoms. The maximum Gasteiger partial charge on any atom is 0.245 e. The van der Waals surface area contributed by atoms with E-state index in [1.54, 1.807) is 0 Å². The van der Waals surface area contributed by atoms with E-state index in [2.05, 4.69) is 46.0 Å². The zero-order valence-electron chi connectivity index (χ0n) is 19.4. The van der Waals surface area contributed by atoms with Gasteiger partial charge in [-0.05, 0) is 45.1 Å². The number of piperazine rings is 1. The summed E-state index contributed by atoms with van der Waals surface area (Å²) in [4.78, 5) is 37.5. The van der Waals surface area contributed by atoms with E-state index in [0.717, 1.165) is 82.0 Å². The summed E-state index contributed by atoms with van der Waals surface area (Å²) < 4.78 is 0. The Morgan fingerprint density at radius 1 is 1.12 bits per heavy atom. The maximum absolute atomic E-state index is 13.3. The van der Waals surface area contributed by atoms with Gasteiger partial charge in [-0.15, -0.1) is 0 Å². The average Bonchev–Trinajstić information content (AvgIpc) is 3.53. The molecule has 172 valence electrons. The molecule has 2 N–H and O–H groups in total. The Morgan fingerprint density at radius 2 is 1.94 bits per heavy atom. The number of imidazole rings is 1. The molecule has 9 heteroatoms. The molecule has 0 saturated carbocycles. The number of aryl methyl sites for hydroxylation is 1. The molecule has 2 fully saturated rings. The Morgan fingerprint density at radius 3 is 2.69 bits per heavy atom. The van der Waals surface area contributed by atoms with Gasteiger partial charge in [-0.3, -0.25) is 4.79 Å². The fourth-order valence-electron chi connectivity index (χ4n) is 4.96. The van der Waals surface area contributed by atoms with Crippen LogP contribution in [0.15, 0.2) is 6.20 Å². The molecule has 2 aromatic heterocycles. The van der Waals surface area contributed by atoms with Crippen molar-refractivity contribution in [3.05, 3.63) is 23.1 Å². The van der Waals surface area contributed by atoms with Gasteiger partial charge in [0.05, 0.1) is 11.9 Å². The quantitative estimate of drug-likeness (QED) is 0.740. The van der Waals surface area contributed by atoms with Crippen LogP contribution < -0.4 is 10.2 Å². The van der Waals surface area contributed by atoms with Crippen LogP contribution in [-0.2, 0) is 17.6 Å². The van der Waals surface area contributed by atoms with Crippen LogP contribution in [0.4, 0.5) is 17.7 Å². The molecule has 1 atom stereocenters. The lowest BCUT2D eigenvalue weighted by Crippen LogP contribution is -2.53. The van der Waals surface area contributed by atoms with E-state index < -0.39 is 0 Å². The van der Waals surface area contributed by atoms with Gasteiger partial charge in [0.15, 0.2) is 0 Å². The highest BCUT2D eigenvalue weighted by Crippen LogP contribution is 2.32. The Hall–Kier alpha value is -2.68. The largest absolute Gasteiger partial charge is 0.338 e. The molecule has 4 heterocycles. The number of amides is 1. The van der Waals surface area contributed by atoms with Crippen LogP contribution >= 0.6 is 0 Å². The van der Waals surface area contributed by atoms with Crippen molar-refractivity contribution in [3.8, 4) is 0 Å². The molecule has 3 aliphatic rings. The number of hydrogen-bond donors (Lipinski definition) is 2. The van der Waals surface area contributed by atoms with Crippen molar-refractivity contribution >= 4 is 23.6 Å². The van der Waals surface area contributed by atoms with Gasteiger partial charge in [0.1, 0.15) is 11.9 Å². The van der Waals surface area contributed by atoms with Crippen LogP contribution in [0, 0.1) is 0 Å². The monoisotopic (exact) mass is 438 g/mol. The summed E-state index contributed by atoms with van der Waals surface area (Å²) in [5.74, 6) is 2.81. The van der Waals surface area contributed by atoms with Crippen molar-refractivity contribution < 1.29 is 4.79 Å². The lowest BCUT2D eigenvalue weighted by molar-refractivity contribution is -0.134. The van der Waals surface area contributed by atoms with E-state index in [-0.39, 0.29) is 11.9 Å². The second-order valence-electron chi connectivity index (χ2n) is 9.60. The number of H-pyrrole nitrogens is 1. The van der Waals surface area contributed by atoms with Gasteiger partial charge in [-0.25, -0.2) is 9.97 Å². The molecule has 0 bridgehead atoms. The van der Waals surface area contributed by atoms with Gasteiger partial charge in [-0.1, -0.05) is 13.8 Å². The highest BCUT2D eigenvalue weighted by Gasteiger charge is 2.37. The van der Waals surface area contributed by atoms with Gasteiger partial charge in [-0.2, -0.15) is 4.98 Å². The predicted octanol–water partition coefficient (Wildman–Crippen LogP) is 2.30. The van der Waals surface area contributed by atoms with Crippen LogP contribution in [0.1, 0.15) is 56.0 Å². The molecule has 2 saturated heterocycles. The highest BCUT2D eigenvalue weighted by atomic mass is 16.2. The minimum absolute atomic E-state index is 0.165. The summed E-state index contributed by atoms with van der Waals surface area (Å²) in [7, 11) is 2.11. The first-order chi connectivity index (χ1) is 15.5. The first-order valence-electron chi connectivity index (χ1n) is 12.0. The fourth-order valence-corrected chi connectivity index (χ4v) is 4.96. The molecule has 5 rings (SSSR count). The first kappa shape index (κ1) is 21.2. The smallest absolute Gasteiger partial charge is 0.245 e. The molecule has 9 nitrogen and oxygen atoms in total. The second-order valence-corrected chi connectivity index (χ2v) is 9.60. The number of nitrogens with one attached hydrogen (secondary N) is 2. The minimum Gasteiger partial charge on any atom is -0.338 e. The van der Waals surface area contributed by atoms with E-state index in [4.69, 9.17) is 9.97 Å². The number of likely N-dealkylation sites (N-methyl/N-ethyl adjacent to an activating group) is 1. The number of rotatable bonds is 5. The Kier molecular flexibility index (Phi) is 5.75. The summed E-state index contributed by atoms with van der Waals surface area (Å²) >= 11 is 0. The topological polar surface area (TPSA) is 93.3 Å². The van der Waals surface area contributed by atoms with Crippen LogP contribution in [-0.4, -0.2) is 81.5 Å². The van der Waals surface area contributed by atoms with Crippen molar-refractivity contribution in [3.63, 3.8) is 0 Å². The summed E-state index contributed by atoms with van der Waals surface area (Å²) in [6.07, 6.45) is 6.74. The van der Waals surface area contributed by atoms with E-state index in [0.29, 0.717) is 17.8 Å². The molecule has 1 amide bonds. The van der Waals surface area contributed by atoms with E-state index in [9.17, 15) is 4.79 Å². The van der Waals surface area contributed by atoms with E-state index in [1.807, 2.05) is 11.1 Å². The third-order valence-corrected chi connectivity index (χ3v) is 6.99. The zero-order valence-corrected chi connectivity index (χ0v) is 19.4. The number of aromatic amines is 1. The summed E-state index contributed by atoms with van der Waals surface area (Å²) in [5, 5.41) is 3.41. The number of aromatic nitrogens is 4. The molecule has 0 unspecified atom stereocenters. The van der Waals surface area contributed by atoms with Crippen molar-refractivity contribution in [1.29, 1.82) is 0 Å². The van der Waals surface area contributed by atoms with Crippen molar-refractivity contribution in [1.82, 2.24) is 29.7 Å². The Labute approximate surface area is 189 Å². The number of anilines is 3. The molecular weight excluding hydrogens is 404 g/mol. The third-order valence-electron chi connectivity index (χ3n) is 6.99. The third kappa shape index (κ3) is 4.05. The van der Waals surface area contributed by atoms with Gasteiger partial charge in [0.2, 0.25) is 17.8 Å². The van der Waals surface area contributed by atoms with Crippen molar-refractivity contribution in [2.45, 2.75) is 57.9 Å². The number of nitrogens with zero attached hydrogens (tertiary/aromatic N) is 6. The number of hydrogen-bond acceptors (Lipinski definition) is 7. The standard InChI is InChI=1S/C23H34N8O/c1-15(2)18-14-24-22(25-18)27-20-16-6-4-7-17(16)26-23(28-20)31-9-5-8-19(31)21(32)30-12-10-29(3)11-13-30/h14-15,19H,4-13H2,1-3H3,(H2,24,25,26,27,28)/t19-/m0/s1. The lowest BCUT2D eigenvalue weighted by Gasteiger charge is -2.36. The second kappa shape index (κ2) is 8.69. The summed E-state index contributed by atoms with van der Waals surface area (Å²) in [5.41, 5.74) is 3.37. The maximum atomic E-state index is 13.3. The van der Waals surface area contributed by atoms with E-state index >= 15 is 0 Å². The van der Waals surface area contributed by atoms with Crippen LogP contribution in [0.25, 0.3) is 0 Å². The lowest BCUT2D eigenvalue weighted by atomic mass is 10.1. The van der Waals surface area contributed by atoms with Gasteiger partial charge in [0, 0.05) is 44.0 Å². The predicted molar refractivity (Wildman–Crippen MR) is 124 cm³/mol. The van der Waals surface area contributed by atoms with Gasteiger partial charge in [0.25, 0.3) is 0 Å². The van der Waals surface area contributed by atoms with Gasteiger partial charge >= 0.3 is 0 Å². The number of fused-ring (bicyclic) bond motifs is 1. The SMILES string of the molecule is CC(C)c1cnc(Nc2nc(N3CCC[C@H]3C(=O)N3CCN(C)CC3)nc3c2CCC3)[nH]1. The number of carbonyl (C=O) groups excluding carboxylic acids is 1. The van der Waals surface area contributed by atoms with Crippen molar-refractivity contribution in [2.75, 3.05) is 50.0 Å².